The van der Waals surface area contributed by atoms with Gasteiger partial charge in [0.25, 0.3) is 0 Å². The van der Waals surface area contributed by atoms with Crippen molar-refractivity contribution >= 4 is 18.7 Å². The molecule has 0 fully saturated rings. The minimum absolute atomic E-state index is 0.621. The molecule has 1 nitrogen and oxygen atoms in total. The fourth-order valence-electron chi connectivity index (χ4n) is 0.751. The minimum Gasteiger partial charge on any atom is -0.491 e. The van der Waals surface area contributed by atoms with Gasteiger partial charge in [0.15, 0.2) is 0 Å². The topological polar surface area (TPSA) is 9.23 Å². The molecule has 0 amide bonds. The van der Waals surface area contributed by atoms with Gasteiger partial charge in [0.05, 0.1) is 7.11 Å². The lowest BCUT2D eigenvalue weighted by atomic mass is 10.2. The highest BCUT2D eigenvalue weighted by atomic mass is 32.1. The van der Waals surface area contributed by atoms with Crippen LogP contribution in [0.4, 0.5) is 0 Å². The maximum atomic E-state index is 4.88. The van der Waals surface area contributed by atoms with Gasteiger partial charge in [-0.3, -0.25) is 0 Å². The van der Waals surface area contributed by atoms with Crippen LogP contribution in [0.25, 0.3) is 6.08 Å². The third kappa shape index (κ3) is 2.68. The van der Waals surface area contributed by atoms with E-state index in [-0.39, 0.29) is 0 Å². The third-order valence-corrected chi connectivity index (χ3v) is 1.61. The number of hydrogen-bond acceptors (Lipinski definition) is 2. The second-order valence-electron chi connectivity index (χ2n) is 2.10. The van der Waals surface area contributed by atoms with E-state index in [1.54, 1.807) is 7.11 Å². The van der Waals surface area contributed by atoms with Crippen molar-refractivity contribution in [2.24, 2.45) is 0 Å². The predicted molar refractivity (Wildman–Crippen MR) is 50.4 cm³/mol. The van der Waals surface area contributed by atoms with Crippen molar-refractivity contribution < 1.29 is 4.74 Å². The highest BCUT2D eigenvalue weighted by Gasteiger charge is 1.87. The SMILES string of the molecule is CO/C(S)=C/c1ccccc1. The van der Waals surface area contributed by atoms with Crippen LogP contribution in [0.15, 0.2) is 35.4 Å². The first-order chi connectivity index (χ1) is 5.33. The van der Waals surface area contributed by atoms with Gasteiger partial charge in [0, 0.05) is 0 Å². The summed E-state index contributed by atoms with van der Waals surface area (Å²) in [4.78, 5) is 0. The first-order valence-corrected chi connectivity index (χ1v) is 3.77. The number of methoxy groups -OCH3 is 1. The fourth-order valence-corrected chi connectivity index (χ4v) is 0.900. The molecule has 0 radical (unpaired) electrons. The first-order valence-electron chi connectivity index (χ1n) is 3.32. The van der Waals surface area contributed by atoms with Crippen molar-refractivity contribution in [3.8, 4) is 0 Å². The van der Waals surface area contributed by atoms with Crippen LogP contribution in [-0.4, -0.2) is 7.11 Å². The van der Waals surface area contributed by atoms with E-state index in [4.69, 9.17) is 4.74 Å². The smallest absolute Gasteiger partial charge is 0.150 e. The Hall–Kier alpha value is -0.890. The van der Waals surface area contributed by atoms with Gasteiger partial charge < -0.3 is 4.74 Å². The van der Waals surface area contributed by atoms with Crippen LogP contribution in [0.2, 0.25) is 0 Å². The summed E-state index contributed by atoms with van der Waals surface area (Å²) in [6.45, 7) is 0. The summed E-state index contributed by atoms with van der Waals surface area (Å²) < 4.78 is 4.88. The zero-order valence-electron chi connectivity index (χ0n) is 6.32. The van der Waals surface area contributed by atoms with Crippen LogP contribution in [0.5, 0.6) is 0 Å². The molecule has 1 aromatic rings. The molecule has 0 spiro atoms. The van der Waals surface area contributed by atoms with Gasteiger partial charge in [-0.1, -0.05) is 30.3 Å². The molecule has 0 saturated heterocycles. The standard InChI is InChI=1S/C9H10OS/c1-10-9(11)7-8-5-3-2-4-6-8/h2-7,11H,1H3/b9-7-. The van der Waals surface area contributed by atoms with Crippen molar-refractivity contribution in [2.45, 2.75) is 0 Å². The molecule has 0 aliphatic heterocycles. The molecular weight excluding hydrogens is 156 g/mol. The molecule has 0 saturated carbocycles. The lowest BCUT2D eigenvalue weighted by Crippen LogP contribution is -1.76. The largest absolute Gasteiger partial charge is 0.491 e. The van der Waals surface area contributed by atoms with Crippen molar-refractivity contribution in [1.82, 2.24) is 0 Å². The van der Waals surface area contributed by atoms with E-state index in [9.17, 15) is 0 Å². The van der Waals surface area contributed by atoms with Crippen LogP contribution in [-0.2, 0) is 4.74 Å². The average Bonchev–Trinajstić information content (AvgIpc) is 2.06. The van der Waals surface area contributed by atoms with E-state index in [1.165, 1.54) is 0 Å². The van der Waals surface area contributed by atoms with E-state index < -0.39 is 0 Å². The van der Waals surface area contributed by atoms with Crippen LogP contribution >= 0.6 is 12.6 Å². The molecule has 0 aliphatic carbocycles. The van der Waals surface area contributed by atoms with Gasteiger partial charge in [0.1, 0.15) is 5.09 Å². The van der Waals surface area contributed by atoms with Gasteiger partial charge in [-0.05, 0) is 11.6 Å². The van der Waals surface area contributed by atoms with Crippen molar-refractivity contribution in [2.75, 3.05) is 7.11 Å². The monoisotopic (exact) mass is 166 g/mol. The van der Waals surface area contributed by atoms with E-state index >= 15 is 0 Å². The summed E-state index contributed by atoms with van der Waals surface area (Å²) >= 11 is 4.08. The van der Waals surface area contributed by atoms with Crippen molar-refractivity contribution in [1.29, 1.82) is 0 Å². The van der Waals surface area contributed by atoms with Crippen LogP contribution in [0.1, 0.15) is 5.56 Å². The summed E-state index contributed by atoms with van der Waals surface area (Å²) in [6, 6.07) is 9.91. The maximum Gasteiger partial charge on any atom is 0.150 e. The second-order valence-corrected chi connectivity index (χ2v) is 2.54. The van der Waals surface area contributed by atoms with Crippen molar-refractivity contribution in [3.05, 3.63) is 41.0 Å². The molecule has 0 atom stereocenters. The Kier molecular flexibility index (Phi) is 3.05. The predicted octanol–water partition coefficient (Wildman–Crippen LogP) is 2.56. The molecule has 11 heavy (non-hydrogen) atoms. The zero-order valence-corrected chi connectivity index (χ0v) is 7.21. The molecule has 1 aromatic carbocycles. The van der Waals surface area contributed by atoms with E-state index in [1.807, 2.05) is 36.4 Å². The Bertz CT molecular complexity index is 241. The fraction of sp³-hybridized carbons (Fsp3) is 0.111. The summed E-state index contributed by atoms with van der Waals surface area (Å²) in [6.07, 6.45) is 1.86. The Morgan fingerprint density at radius 1 is 1.36 bits per heavy atom. The summed E-state index contributed by atoms with van der Waals surface area (Å²) in [5, 5.41) is 0.621. The summed E-state index contributed by atoms with van der Waals surface area (Å²) in [5.74, 6) is 0. The normalized spacial score (nSPS) is 11.3. The number of ether oxygens (including phenoxy) is 1. The van der Waals surface area contributed by atoms with Crippen molar-refractivity contribution in [3.63, 3.8) is 0 Å². The summed E-state index contributed by atoms with van der Waals surface area (Å²) in [5.41, 5.74) is 1.10. The quantitative estimate of drug-likeness (QED) is 0.524. The minimum atomic E-state index is 0.621. The van der Waals surface area contributed by atoms with Gasteiger partial charge in [0.2, 0.25) is 0 Å². The molecule has 0 aliphatic rings. The number of thiol groups is 1. The second kappa shape index (κ2) is 4.09. The van der Waals surface area contributed by atoms with Crippen LogP contribution < -0.4 is 0 Å². The Morgan fingerprint density at radius 2 is 2.00 bits per heavy atom. The molecule has 2 heteroatoms. The van der Waals surface area contributed by atoms with Gasteiger partial charge >= 0.3 is 0 Å². The summed E-state index contributed by atoms with van der Waals surface area (Å²) in [7, 11) is 1.60. The first kappa shape index (κ1) is 8.21. The molecule has 58 valence electrons. The lowest BCUT2D eigenvalue weighted by Gasteiger charge is -1.96. The third-order valence-electron chi connectivity index (χ3n) is 1.30. The van der Waals surface area contributed by atoms with Crippen LogP contribution in [0.3, 0.4) is 0 Å². The Morgan fingerprint density at radius 3 is 2.55 bits per heavy atom. The maximum absolute atomic E-state index is 4.88. The highest BCUT2D eigenvalue weighted by Crippen LogP contribution is 2.08. The molecule has 0 heterocycles. The molecule has 0 bridgehead atoms. The highest BCUT2D eigenvalue weighted by molar-refractivity contribution is 7.84. The van der Waals surface area contributed by atoms with Gasteiger partial charge in [-0.2, -0.15) is 0 Å². The Balaban J connectivity index is 2.79. The van der Waals surface area contributed by atoms with E-state index in [2.05, 4.69) is 12.6 Å². The molecule has 0 aromatic heterocycles. The van der Waals surface area contributed by atoms with Gasteiger partial charge in [-0.25, -0.2) is 0 Å². The molecule has 0 N–H and O–H groups in total. The lowest BCUT2D eigenvalue weighted by molar-refractivity contribution is 0.329. The van der Waals surface area contributed by atoms with E-state index in [0.29, 0.717) is 5.09 Å². The van der Waals surface area contributed by atoms with Crippen LogP contribution in [0, 0.1) is 0 Å². The molecular formula is C9H10OS. The number of benzene rings is 1. The average molecular weight is 166 g/mol. The molecule has 0 unspecified atom stereocenters. The Labute approximate surface area is 72.1 Å². The number of hydrogen-bond donors (Lipinski definition) is 1. The van der Waals surface area contributed by atoms with E-state index in [0.717, 1.165) is 5.56 Å². The van der Waals surface area contributed by atoms with Gasteiger partial charge in [-0.15, -0.1) is 12.6 Å². The zero-order chi connectivity index (χ0) is 8.10. The number of rotatable bonds is 2. The molecule has 1 rings (SSSR count).